The van der Waals surface area contributed by atoms with Gasteiger partial charge in [0.25, 0.3) is 5.56 Å². The van der Waals surface area contributed by atoms with Crippen molar-refractivity contribution in [2.75, 3.05) is 13.7 Å². The van der Waals surface area contributed by atoms with E-state index in [1.165, 1.54) is 15.8 Å². The number of fused-ring (bicyclic) bond motifs is 1. The van der Waals surface area contributed by atoms with Gasteiger partial charge in [-0.15, -0.1) is 11.3 Å². The molecule has 0 aliphatic rings. The third-order valence-corrected chi connectivity index (χ3v) is 6.07. The fraction of sp³-hybridized carbons (Fsp3) is 0.300. The number of aromatic nitrogens is 2. The molecule has 3 rings (SSSR count). The number of aryl methyl sites for hydroxylation is 1. The highest BCUT2D eigenvalue weighted by atomic mass is 35.5. The number of ether oxygens (including phenoxy) is 1. The van der Waals surface area contributed by atoms with Crippen molar-refractivity contribution in [2.24, 2.45) is 0 Å². The van der Waals surface area contributed by atoms with Gasteiger partial charge in [-0.05, 0) is 43.2 Å². The van der Waals surface area contributed by atoms with Crippen LogP contribution in [0.2, 0.25) is 10.0 Å². The summed E-state index contributed by atoms with van der Waals surface area (Å²) in [6.07, 6.45) is 1.32. The molecule has 0 spiro atoms. The summed E-state index contributed by atoms with van der Waals surface area (Å²) in [5.41, 5.74) is 0.906. The van der Waals surface area contributed by atoms with Gasteiger partial charge in [0, 0.05) is 23.6 Å². The van der Waals surface area contributed by atoms with Crippen molar-refractivity contribution in [3.8, 4) is 0 Å². The van der Waals surface area contributed by atoms with Crippen LogP contribution in [-0.4, -0.2) is 40.0 Å². The van der Waals surface area contributed by atoms with Gasteiger partial charge in [0.15, 0.2) is 0 Å². The topological polar surface area (TPSA) is 81.5 Å². The number of nitrogens with zero attached hydrogens (tertiary/aromatic N) is 3. The second-order valence-electron chi connectivity index (χ2n) is 6.66. The van der Waals surface area contributed by atoms with Crippen molar-refractivity contribution in [1.29, 1.82) is 0 Å². The first-order valence-electron chi connectivity index (χ1n) is 9.05. The molecule has 0 saturated heterocycles. The Hall–Kier alpha value is -2.42. The Morgan fingerprint density at radius 2 is 1.90 bits per heavy atom. The predicted octanol–water partition coefficient (Wildman–Crippen LogP) is 3.91. The van der Waals surface area contributed by atoms with Gasteiger partial charge < -0.3 is 9.64 Å². The number of hydrogen-bond acceptors (Lipinski definition) is 6. The predicted molar refractivity (Wildman–Crippen MR) is 118 cm³/mol. The number of carbonyl (C=O) groups excluding carboxylic acids is 2. The first-order valence-corrected chi connectivity index (χ1v) is 10.6. The van der Waals surface area contributed by atoms with Crippen molar-refractivity contribution in [2.45, 2.75) is 26.9 Å². The van der Waals surface area contributed by atoms with E-state index >= 15 is 0 Å². The van der Waals surface area contributed by atoms with Crippen molar-refractivity contribution in [3.05, 3.63) is 60.9 Å². The molecule has 0 saturated carbocycles. The van der Waals surface area contributed by atoms with Crippen LogP contribution in [0.5, 0.6) is 0 Å². The molecule has 1 amide bonds. The van der Waals surface area contributed by atoms with E-state index in [4.69, 9.17) is 27.9 Å². The van der Waals surface area contributed by atoms with Crippen LogP contribution in [0.1, 0.15) is 27.7 Å². The average molecular weight is 468 g/mol. The molecule has 2 heterocycles. The van der Waals surface area contributed by atoms with E-state index in [0.717, 1.165) is 16.9 Å². The molecule has 7 nitrogen and oxygen atoms in total. The lowest BCUT2D eigenvalue weighted by Crippen LogP contribution is -2.33. The summed E-state index contributed by atoms with van der Waals surface area (Å²) < 4.78 is 6.27. The minimum absolute atomic E-state index is 0.184. The maximum Gasteiger partial charge on any atom is 0.348 e. The van der Waals surface area contributed by atoms with Crippen molar-refractivity contribution in [3.63, 3.8) is 0 Å². The SMILES string of the molecule is CCOC(=O)c1sc2ncn(CC(=O)N(C)Cc3cc(Cl)cc(Cl)c3)c(=O)c2c1C. The van der Waals surface area contributed by atoms with Crippen LogP contribution in [0.25, 0.3) is 10.2 Å². The Labute approximate surface area is 186 Å². The van der Waals surface area contributed by atoms with Gasteiger partial charge in [-0.2, -0.15) is 0 Å². The highest BCUT2D eigenvalue weighted by Crippen LogP contribution is 2.27. The molecule has 0 aliphatic carbocycles. The largest absolute Gasteiger partial charge is 0.462 e. The molecule has 0 bridgehead atoms. The van der Waals surface area contributed by atoms with Gasteiger partial charge in [-0.25, -0.2) is 9.78 Å². The normalized spacial score (nSPS) is 11.0. The lowest BCUT2D eigenvalue weighted by molar-refractivity contribution is -0.131. The number of likely N-dealkylation sites (N-methyl/N-ethyl adjacent to an activating group) is 1. The molecule has 2 aromatic heterocycles. The molecule has 0 radical (unpaired) electrons. The molecular formula is C20H19Cl2N3O4S. The second-order valence-corrected chi connectivity index (χ2v) is 8.53. The van der Waals surface area contributed by atoms with E-state index in [-0.39, 0.29) is 31.2 Å². The average Bonchev–Trinajstić information content (AvgIpc) is 3.00. The zero-order valence-corrected chi connectivity index (χ0v) is 18.9. The van der Waals surface area contributed by atoms with Gasteiger partial charge >= 0.3 is 5.97 Å². The number of benzene rings is 1. The van der Waals surface area contributed by atoms with E-state index in [2.05, 4.69) is 4.98 Å². The molecular weight excluding hydrogens is 449 g/mol. The van der Waals surface area contributed by atoms with Crippen molar-refractivity contribution in [1.82, 2.24) is 14.5 Å². The maximum absolute atomic E-state index is 12.9. The minimum Gasteiger partial charge on any atom is -0.462 e. The Kier molecular flexibility index (Phi) is 6.80. The number of rotatable bonds is 6. The number of hydrogen-bond donors (Lipinski definition) is 0. The number of amides is 1. The van der Waals surface area contributed by atoms with Crippen LogP contribution in [0.3, 0.4) is 0 Å². The van der Waals surface area contributed by atoms with Crippen LogP contribution in [0, 0.1) is 6.92 Å². The quantitative estimate of drug-likeness (QED) is 0.513. The lowest BCUT2D eigenvalue weighted by Gasteiger charge is -2.18. The van der Waals surface area contributed by atoms with Gasteiger partial charge in [0.1, 0.15) is 16.3 Å². The van der Waals surface area contributed by atoms with Gasteiger partial charge in [0.05, 0.1) is 18.3 Å². The maximum atomic E-state index is 12.9. The van der Waals surface area contributed by atoms with Gasteiger partial charge in [-0.3, -0.25) is 14.2 Å². The second kappa shape index (κ2) is 9.16. The van der Waals surface area contributed by atoms with E-state index in [1.807, 2.05) is 0 Å². The summed E-state index contributed by atoms with van der Waals surface area (Å²) in [6, 6.07) is 5.06. The highest BCUT2D eigenvalue weighted by molar-refractivity contribution is 7.20. The van der Waals surface area contributed by atoms with Gasteiger partial charge in [0.2, 0.25) is 5.91 Å². The highest BCUT2D eigenvalue weighted by Gasteiger charge is 2.21. The molecule has 30 heavy (non-hydrogen) atoms. The third-order valence-electron chi connectivity index (χ3n) is 4.45. The first kappa shape index (κ1) is 22.3. The molecule has 158 valence electrons. The number of halogens is 2. The zero-order valence-electron chi connectivity index (χ0n) is 16.6. The summed E-state index contributed by atoms with van der Waals surface area (Å²) in [7, 11) is 1.63. The number of carbonyl (C=O) groups is 2. The molecule has 1 aromatic carbocycles. The fourth-order valence-corrected chi connectivity index (χ4v) is 4.60. The van der Waals surface area contributed by atoms with Crippen LogP contribution < -0.4 is 5.56 Å². The minimum atomic E-state index is -0.486. The van der Waals surface area contributed by atoms with E-state index in [1.54, 1.807) is 39.1 Å². The standard InChI is InChI=1S/C20H19Cl2N3O4S/c1-4-29-20(28)17-11(2)16-18(30-17)23-10-25(19(16)27)9-15(26)24(3)8-12-5-13(21)7-14(22)6-12/h5-7,10H,4,8-9H2,1-3H3. The van der Waals surface area contributed by atoms with E-state index in [9.17, 15) is 14.4 Å². The zero-order chi connectivity index (χ0) is 22.0. The first-order chi connectivity index (χ1) is 14.2. The summed E-state index contributed by atoms with van der Waals surface area (Å²) in [4.78, 5) is 44.2. The Morgan fingerprint density at radius 3 is 2.53 bits per heavy atom. The smallest absolute Gasteiger partial charge is 0.348 e. The Morgan fingerprint density at radius 1 is 1.23 bits per heavy atom. The van der Waals surface area contributed by atoms with E-state index in [0.29, 0.717) is 30.7 Å². The van der Waals surface area contributed by atoms with Crippen molar-refractivity contribution >= 4 is 56.6 Å². The summed E-state index contributed by atoms with van der Waals surface area (Å²) >= 11 is 13.1. The summed E-state index contributed by atoms with van der Waals surface area (Å²) in [6.45, 7) is 3.73. The van der Waals surface area contributed by atoms with E-state index < -0.39 is 5.97 Å². The molecule has 10 heteroatoms. The third kappa shape index (κ3) is 4.66. The Balaban J connectivity index is 1.83. The molecule has 0 unspecified atom stereocenters. The van der Waals surface area contributed by atoms with Crippen molar-refractivity contribution < 1.29 is 14.3 Å². The lowest BCUT2D eigenvalue weighted by atomic mass is 10.2. The molecule has 0 fully saturated rings. The van der Waals surface area contributed by atoms with Crippen LogP contribution in [-0.2, 0) is 22.6 Å². The monoisotopic (exact) mass is 467 g/mol. The fourth-order valence-electron chi connectivity index (χ4n) is 2.99. The molecule has 3 aromatic rings. The Bertz CT molecular complexity index is 1170. The number of thiophene rings is 1. The van der Waals surface area contributed by atoms with Crippen LogP contribution in [0.4, 0.5) is 0 Å². The summed E-state index contributed by atoms with van der Waals surface area (Å²) in [5, 5.41) is 1.28. The molecule has 0 N–H and O–H groups in total. The van der Waals surface area contributed by atoms with Crippen LogP contribution in [0.15, 0.2) is 29.3 Å². The van der Waals surface area contributed by atoms with Crippen LogP contribution >= 0.6 is 34.5 Å². The van der Waals surface area contributed by atoms with Gasteiger partial charge in [-0.1, -0.05) is 23.2 Å². The molecule has 0 aliphatic heterocycles. The number of esters is 1. The molecule has 0 atom stereocenters. The summed E-state index contributed by atoms with van der Waals surface area (Å²) in [5.74, 6) is -0.771.